The highest BCUT2D eigenvalue weighted by Gasteiger charge is 2.29. The molecule has 3 unspecified atom stereocenters. The molecule has 6 heteroatoms. The first-order valence-electron chi connectivity index (χ1n) is 5.72. The molecule has 0 amide bonds. The number of H-pyrrole nitrogens is 1. The molecule has 2 rings (SSSR count). The highest BCUT2D eigenvalue weighted by molar-refractivity contribution is 4.89. The minimum atomic E-state index is -0.599. The Hall–Kier alpha value is -1.40. The van der Waals surface area contributed by atoms with E-state index in [4.69, 9.17) is 5.11 Å². The molecule has 1 aliphatic carbocycles. The zero-order chi connectivity index (χ0) is 12.4. The lowest BCUT2D eigenvalue weighted by molar-refractivity contribution is 0.0175. The molecular formula is C11H16N2O4. The van der Waals surface area contributed by atoms with Gasteiger partial charge in [-0.05, 0) is 19.3 Å². The predicted molar refractivity (Wildman–Crippen MR) is 60.8 cm³/mol. The summed E-state index contributed by atoms with van der Waals surface area (Å²) in [6.45, 7) is -0.0333. The van der Waals surface area contributed by atoms with Gasteiger partial charge >= 0.3 is 5.69 Å². The smallest absolute Gasteiger partial charge is 0.328 e. The topological polar surface area (TPSA) is 95.3 Å². The molecular weight excluding hydrogens is 224 g/mol. The van der Waals surface area contributed by atoms with Crippen LogP contribution in [0.3, 0.4) is 0 Å². The van der Waals surface area contributed by atoms with Crippen molar-refractivity contribution in [3.63, 3.8) is 0 Å². The second kappa shape index (κ2) is 4.85. The molecule has 1 aromatic rings. The van der Waals surface area contributed by atoms with Crippen LogP contribution in [-0.4, -0.2) is 32.5 Å². The van der Waals surface area contributed by atoms with E-state index in [1.54, 1.807) is 0 Å². The van der Waals surface area contributed by atoms with E-state index in [-0.39, 0.29) is 18.6 Å². The van der Waals surface area contributed by atoms with Crippen LogP contribution in [0.1, 0.15) is 25.3 Å². The number of rotatable bonds is 2. The number of aromatic amines is 1. The van der Waals surface area contributed by atoms with Crippen LogP contribution in [0, 0.1) is 5.92 Å². The van der Waals surface area contributed by atoms with Gasteiger partial charge in [-0.25, -0.2) is 4.79 Å². The third kappa shape index (κ3) is 2.48. The monoisotopic (exact) mass is 240 g/mol. The quantitative estimate of drug-likeness (QED) is 0.632. The molecule has 17 heavy (non-hydrogen) atoms. The van der Waals surface area contributed by atoms with Gasteiger partial charge in [0.1, 0.15) is 0 Å². The Kier molecular flexibility index (Phi) is 3.44. The molecule has 1 fully saturated rings. The molecule has 1 heterocycles. The lowest BCUT2D eigenvalue weighted by Gasteiger charge is -2.32. The van der Waals surface area contributed by atoms with Crippen LogP contribution in [0.5, 0.6) is 0 Å². The van der Waals surface area contributed by atoms with Crippen molar-refractivity contribution in [2.24, 2.45) is 5.92 Å². The van der Waals surface area contributed by atoms with Gasteiger partial charge in [0.2, 0.25) is 0 Å². The van der Waals surface area contributed by atoms with Crippen molar-refractivity contribution >= 4 is 0 Å². The summed E-state index contributed by atoms with van der Waals surface area (Å²) in [4.78, 5) is 24.7. The molecule has 0 spiro atoms. The van der Waals surface area contributed by atoms with Crippen molar-refractivity contribution in [2.75, 3.05) is 6.61 Å². The van der Waals surface area contributed by atoms with E-state index in [9.17, 15) is 14.7 Å². The van der Waals surface area contributed by atoms with Crippen molar-refractivity contribution in [1.29, 1.82) is 0 Å². The maximum Gasteiger partial charge on any atom is 0.328 e. The standard InChI is InChI=1S/C11H16N2O4/c14-6-7-1-2-8(5-9(7)15)13-4-3-10(16)12-11(13)17/h3-4,7-9,14-15H,1-2,5-6H2,(H,12,16,17). The van der Waals surface area contributed by atoms with Crippen LogP contribution < -0.4 is 11.2 Å². The lowest BCUT2D eigenvalue weighted by atomic mass is 9.84. The second-order valence-corrected chi connectivity index (χ2v) is 4.49. The van der Waals surface area contributed by atoms with E-state index in [0.29, 0.717) is 19.3 Å². The maximum atomic E-state index is 11.6. The molecule has 0 radical (unpaired) electrons. The van der Waals surface area contributed by atoms with E-state index in [0.717, 1.165) is 0 Å². The van der Waals surface area contributed by atoms with E-state index in [1.165, 1.54) is 16.8 Å². The molecule has 1 saturated carbocycles. The van der Waals surface area contributed by atoms with Gasteiger partial charge in [0.15, 0.2) is 0 Å². The van der Waals surface area contributed by atoms with E-state index in [1.807, 2.05) is 0 Å². The van der Waals surface area contributed by atoms with Crippen molar-refractivity contribution in [1.82, 2.24) is 9.55 Å². The van der Waals surface area contributed by atoms with Crippen LogP contribution in [-0.2, 0) is 0 Å². The molecule has 0 aromatic carbocycles. The second-order valence-electron chi connectivity index (χ2n) is 4.49. The maximum absolute atomic E-state index is 11.6. The van der Waals surface area contributed by atoms with Crippen LogP contribution >= 0.6 is 0 Å². The van der Waals surface area contributed by atoms with Crippen LogP contribution in [0.25, 0.3) is 0 Å². The summed E-state index contributed by atoms with van der Waals surface area (Å²) in [7, 11) is 0. The van der Waals surface area contributed by atoms with Crippen molar-refractivity contribution in [2.45, 2.75) is 31.4 Å². The number of aliphatic hydroxyl groups is 2. The fourth-order valence-corrected chi connectivity index (χ4v) is 2.37. The summed E-state index contributed by atoms with van der Waals surface area (Å²) in [5.41, 5.74) is -0.868. The van der Waals surface area contributed by atoms with E-state index < -0.39 is 17.4 Å². The van der Waals surface area contributed by atoms with Gasteiger partial charge in [-0.2, -0.15) is 0 Å². The average molecular weight is 240 g/mol. The Balaban J connectivity index is 2.19. The van der Waals surface area contributed by atoms with Gasteiger partial charge in [0, 0.05) is 30.8 Å². The molecule has 3 N–H and O–H groups in total. The first-order valence-corrected chi connectivity index (χ1v) is 5.72. The zero-order valence-corrected chi connectivity index (χ0v) is 9.37. The number of aliphatic hydroxyl groups excluding tert-OH is 2. The Morgan fingerprint density at radius 3 is 2.76 bits per heavy atom. The molecule has 1 aromatic heterocycles. The summed E-state index contributed by atoms with van der Waals surface area (Å²) < 4.78 is 1.44. The Bertz CT molecular complexity index is 493. The number of nitrogens with one attached hydrogen (secondary N) is 1. The van der Waals surface area contributed by atoms with Gasteiger partial charge in [-0.15, -0.1) is 0 Å². The molecule has 0 aliphatic heterocycles. The molecule has 3 atom stereocenters. The average Bonchev–Trinajstić information content (AvgIpc) is 2.29. The van der Waals surface area contributed by atoms with Crippen molar-refractivity contribution < 1.29 is 10.2 Å². The highest BCUT2D eigenvalue weighted by Crippen LogP contribution is 2.31. The summed E-state index contributed by atoms with van der Waals surface area (Å²) in [5.74, 6) is -0.107. The van der Waals surface area contributed by atoms with Crippen molar-refractivity contribution in [3.05, 3.63) is 33.1 Å². The Morgan fingerprint density at radius 1 is 1.41 bits per heavy atom. The molecule has 94 valence electrons. The van der Waals surface area contributed by atoms with E-state index in [2.05, 4.69) is 4.98 Å². The van der Waals surface area contributed by atoms with Crippen LogP contribution in [0.2, 0.25) is 0 Å². The van der Waals surface area contributed by atoms with Gasteiger partial charge in [-0.3, -0.25) is 14.3 Å². The SMILES string of the molecule is O=c1ccn(C2CCC(CO)C(O)C2)c(=O)[nH]1. The summed E-state index contributed by atoms with van der Waals surface area (Å²) in [6, 6.07) is 1.18. The lowest BCUT2D eigenvalue weighted by Crippen LogP contribution is -2.38. The number of aromatic nitrogens is 2. The summed E-state index contributed by atoms with van der Waals surface area (Å²) >= 11 is 0. The van der Waals surface area contributed by atoms with Crippen LogP contribution in [0.15, 0.2) is 21.9 Å². The molecule has 0 bridgehead atoms. The Morgan fingerprint density at radius 2 is 2.18 bits per heavy atom. The largest absolute Gasteiger partial charge is 0.396 e. The first kappa shape index (κ1) is 12.1. The minimum absolute atomic E-state index is 0.0333. The number of hydrogen-bond acceptors (Lipinski definition) is 4. The predicted octanol–water partition coefficient (Wildman–Crippen LogP) is -0.769. The van der Waals surface area contributed by atoms with Gasteiger partial charge in [0.05, 0.1) is 6.10 Å². The van der Waals surface area contributed by atoms with Gasteiger partial charge in [0.25, 0.3) is 5.56 Å². The fourth-order valence-electron chi connectivity index (χ4n) is 2.37. The fraction of sp³-hybridized carbons (Fsp3) is 0.636. The highest BCUT2D eigenvalue weighted by atomic mass is 16.3. The third-order valence-corrected chi connectivity index (χ3v) is 3.41. The van der Waals surface area contributed by atoms with Gasteiger partial charge < -0.3 is 10.2 Å². The minimum Gasteiger partial charge on any atom is -0.396 e. The zero-order valence-electron chi connectivity index (χ0n) is 9.37. The molecule has 0 saturated heterocycles. The van der Waals surface area contributed by atoms with Crippen molar-refractivity contribution in [3.8, 4) is 0 Å². The summed E-state index contributed by atoms with van der Waals surface area (Å²) in [5, 5.41) is 18.8. The third-order valence-electron chi connectivity index (χ3n) is 3.41. The molecule has 1 aliphatic rings. The van der Waals surface area contributed by atoms with E-state index >= 15 is 0 Å². The number of nitrogens with zero attached hydrogens (tertiary/aromatic N) is 1. The summed E-state index contributed by atoms with van der Waals surface area (Å²) in [6.07, 6.45) is 2.68. The molecule has 6 nitrogen and oxygen atoms in total. The van der Waals surface area contributed by atoms with Gasteiger partial charge in [-0.1, -0.05) is 0 Å². The van der Waals surface area contributed by atoms with Crippen LogP contribution in [0.4, 0.5) is 0 Å². The first-order chi connectivity index (χ1) is 8.11. The normalized spacial score (nSPS) is 29.2. The number of hydrogen-bond donors (Lipinski definition) is 3. The Labute approximate surface area is 97.5 Å².